The second kappa shape index (κ2) is 11.5. The first-order chi connectivity index (χ1) is 18.2. The highest BCUT2D eigenvalue weighted by Gasteiger charge is 2.35. The Kier molecular flexibility index (Phi) is 8.39. The van der Waals surface area contributed by atoms with Gasteiger partial charge in [-0.15, -0.1) is 0 Å². The van der Waals surface area contributed by atoms with Crippen molar-refractivity contribution in [3.63, 3.8) is 0 Å². The van der Waals surface area contributed by atoms with Crippen LogP contribution in [0, 0.1) is 6.92 Å². The van der Waals surface area contributed by atoms with Gasteiger partial charge in [0.15, 0.2) is 28.1 Å². The van der Waals surface area contributed by atoms with Crippen molar-refractivity contribution in [2.24, 2.45) is 4.99 Å². The van der Waals surface area contributed by atoms with E-state index >= 15 is 0 Å². The molecule has 1 aliphatic heterocycles. The fourth-order valence-electron chi connectivity index (χ4n) is 3.86. The van der Waals surface area contributed by atoms with E-state index in [0.29, 0.717) is 27.7 Å². The van der Waals surface area contributed by atoms with Gasteiger partial charge in [0.05, 0.1) is 25.3 Å². The first kappa shape index (κ1) is 27.6. The van der Waals surface area contributed by atoms with Crippen molar-refractivity contribution < 1.29 is 41.4 Å². The number of halogens is 3. The Labute approximate surface area is 221 Å². The van der Waals surface area contributed by atoms with Crippen LogP contribution in [0.4, 0.5) is 13.2 Å². The number of aliphatic imine (C=N–C) groups is 1. The van der Waals surface area contributed by atoms with Crippen molar-refractivity contribution in [2.75, 3.05) is 34.7 Å². The molecular formula is C27H26F3NO6S. The molecule has 7 nitrogen and oxygen atoms in total. The molecule has 0 saturated heterocycles. The van der Waals surface area contributed by atoms with Crippen molar-refractivity contribution in [1.29, 1.82) is 0 Å². The quantitative estimate of drug-likeness (QED) is 0.252. The normalized spacial score (nSPS) is 16.0. The first-order valence-corrected chi connectivity index (χ1v) is 12.6. The van der Waals surface area contributed by atoms with Gasteiger partial charge in [-0.3, -0.25) is 0 Å². The summed E-state index contributed by atoms with van der Waals surface area (Å²) in [5, 5.41) is 0. The van der Waals surface area contributed by atoms with Gasteiger partial charge in [0.25, 0.3) is 0 Å². The van der Waals surface area contributed by atoms with Crippen molar-refractivity contribution >= 4 is 17.1 Å². The minimum Gasteiger partial charge on any atom is -0.606 e. The minimum atomic E-state index is -4.61. The number of ether oxygens (including phenoxy) is 5. The second-order valence-electron chi connectivity index (χ2n) is 8.36. The van der Waals surface area contributed by atoms with Crippen molar-refractivity contribution in [3.8, 4) is 17.2 Å². The summed E-state index contributed by atoms with van der Waals surface area (Å²) in [5.74, 6) is 1.21. The van der Waals surface area contributed by atoms with E-state index in [2.05, 4.69) is 4.99 Å². The molecule has 3 aromatic carbocycles. The van der Waals surface area contributed by atoms with Gasteiger partial charge in [-0.05, 0) is 48.9 Å². The zero-order chi connectivity index (χ0) is 27.4. The maximum Gasteiger partial charge on any atom is 0.416 e. The van der Waals surface area contributed by atoms with E-state index in [1.807, 2.05) is 6.92 Å². The van der Waals surface area contributed by atoms with Gasteiger partial charge in [0.1, 0.15) is 12.6 Å². The zero-order valence-electron chi connectivity index (χ0n) is 21.1. The van der Waals surface area contributed by atoms with E-state index in [1.54, 1.807) is 36.4 Å². The SMILES string of the molecule is COCOc1c(OC)cc([C@H]2COC(c3ccc(C(F)(F)F)cc3[S@@+]([O-])c3ccc(C)cc3)=N2)cc1OC. The van der Waals surface area contributed by atoms with E-state index in [1.165, 1.54) is 27.4 Å². The van der Waals surface area contributed by atoms with Crippen LogP contribution < -0.4 is 14.2 Å². The molecule has 0 bridgehead atoms. The van der Waals surface area contributed by atoms with Crippen LogP contribution in [0.5, 0.6) is 17.2 Å². The summed E-state index contributed by atoms with van der Waals surface area (Å²) in [6.45, 7) is 1.96. The molecule has 202 valence electrons. The summed E-state index contributed by atoms with van der Waals surface area (Å²) in [5.41, 5.74) is 0.920. The molecule has 0 spiro atoms. The topological polar surface area (TPSA) is 81.6 Å². The molecule has 1 heterocycles. The Morgan fingerprint density at radius 3 is 2.24 bits per heavy atom. The average molecular weight is 550 g/mol. The fraction of sp³-hybridized carbons (Fsp3) is 0.296. The number of rotatable bonds is 9. The predicted molar refractivity (Wildman–Crippen MR) is 135 cm³/mol. The van der Waals surface area contributed by atoms with Crippen LogP contribution >= 0.6 is 0 Å². The highest BCUT2D eigenvalue weighted by atomic mass is 32.2. The van der Waals surface area contributed by atoms with E-state index in [9.17, 15) is 17.7 Å². The largest absolute Gasteiger partial charge is 0.606 e. The number of hydrogen-bond donors (Lipinski definition) is 0. The Morgan fingerprint density at radius 1 is 1.00 bits per heavy atom. The van der Waals surface area contributed by atoms with Gasteiger partial charge in [-0.1, -0.05) is 17.7 Å². The highest BCUT2D eigenvalue weighted by molar-refractivity contribution is 7.91. The zero-order valence-corrected chi connectivity index (χ0v) is 21.9. The third-order valence-corrected chi connectivity index (χ3v) is 7.25. The number of alkyl halides is 3. The second-order valence-corrected chi connectivity index (χ2v) is 9.81. The maximum atomic E-state index is 13.5. The van der Waals surface area contributed by atoms with E-state index in [0.717, 1.165) is 17.7 Å². The monoisotopic (exact) mass is 549 g/mol. The van der Waals surface area contributed by atoms with Gasteiger partial charge in [0, 0.05) is 24.4 Å². The summed E-state index contributed by atoms with van der Waals surface area (Å²) in [6, 6.07) is 12.7. The van der Waals surface area contributed by atoms with Gasteiger partial charge >= 0.3 is 6.18 Å². The molecular weight excluding hydrogens is 523 g/mol. The molecule has 0 unspecified atom stereocenters. The molecule has 3 aromatic rings. The van der Waals surface area contributed by atoms with E-state index in [-0.39, 0.29) is 29.8 Å². The van der Waals surface area contributed by atoms with Crippen molar-refractivity contribution in [2.45, 2.75) is 28.9 Å². The smallest absolute Gasteiger partial charge is 0.416 e. The van der Waals surface area contributed by atoms with Crippen LogP contribution in [0.25, 0.3) is 0 Å². The molecule has 0 aliphatic carbocycles. The molecule has 0 amide bonds. The first-order valence-electron chi connectivity index (χ1n) is 11.4. The Morgan fingerprint density at radius 2 is 1.66 bits per heavy atom. The van der Waals surface area contributed by atoms with Crippen LogP contribution in [0.1, 0.15) is 28.3 Å². The van der Waals surface area contributed by atoms with Crippen LogP contribution in [0.2, 0.25) is 0 Å². The molecule has 1 aliphatic rings. The molecule has 0 radical (unpaired) electrons. The fourth-order valence-corrected chi connectivity index (χ4v) is 5.09. The van der Waals surface area contributed by atoms with Gasteiger partial charge in [-0.2, -0.15) is 13.2 Å². The van der Waals surface area contributed by atoms with Crippen LogP contribution in [0.3, 0.4) is 0 Å². The molecule has 0 fully saturated rings. The summed E-state index contributed by atoms with van der Waals surface area (Å²) in [7, 11) is 4.45. The van der Waals surface area contributed by atoms with Crippen LogP contribution in [-0.2, 0) is 26.8 Å². The lowest BCUT2D eigenvalue weighted by atomic mass is 10.1. The van der Waals surface area contributed by atoms with Gasteiger partial charge in [-0.25, -0.2) is 4.99 Å². The van der Waals surface area contributed by atoms with Crippen LogP contribution in [-0.4, -0.2) is 45.2 Å². The van der Waals surface area contributed by atoms with Crippen molar-refractivity contribution in [1.82, 2.24) is 0 Å². The minimum absolute atomic E-state index is 0.0181. The van der Waals surface area contributed by atoms with Crippen LogP contribution in [0.15, 0.2) is 69.4 Å². The molecule has 0 N–H and O–H groups in total. The molecule has 2 atom stereocenters. The molecule has 0 aromatic heterocycles. The number of benzene rings is 3. The van der Waals surface area contributed by atoms with Gasteiger partial charge < -0.3 is 28.2 Å². The standard InChI is InChI=1S/C27H26F3NO6S/c1-16-5-8-19(9-6-16)38(32)24-13-18(27(28,29)30)7-10-20(24)26-31-21(14-36-26)17-11-22(34-3)25(37-15-33-2)23(12-17)35-4/h5-13,21H,14-15H2,1-4H3/t21-,38+/m1/s1. The number of nitrogens with zero attached hydrogens (tertiary/aromatic N) is 1. The number of aryl methyl sites for hydroxylation is 1. The lowest BCUT2D eigenvalue weighted by Gasteiger charge is -2.16. The maximum absolute atomic E-state index is 13.5. The Hall–Kier alpha value is -3.41. The number of hydrogen-bond acceptors (Lipinski definition) is 7. The Balaban J connectivity index is 1.74. The van der Waals surface area contributed by atoms with Gasteiger partial charge in [0.2, 0.25) is 11.6 Å². The third kappa shape index (κ3) is 5.85. The highest BCUT2D eigenvalue weighted by Crippen LogP contribution is 2.42. The number of methoxy groups -OCH3 is 3. The average Bonchev–Trinajstić information content (AvgIpc) is 3.41. The predicted octanol–water partition coefficient (Wildman–Crippen LogP) is 5.70. The van der Waals surface area contributed by atoms with Crippen molar-refractivity contribution in [3.05, 3.63) is 76.9 Å². The Bertz CT molecular complexity index is 1290. The summed E-state index contributed by atoms with van der Waals surface area (Å²) < 4.78 is 81.3. The summed E-state index contributed by atoms with van der Waals surface area (Å²) >= 11 is -1.91. The lowest BCUT2D eigenvalue weighted by Crippen LogP contribution is -2.14. The lowest BCUT2D eigenvalue weighted by molar-refractivity contribution is -0.137. The molecule has 38 heavy (non-hydrogen) atoms. The van der Waals surface area contributed by atoms with E-state index in [4.69, 9.17) is 23.7 Å². The summed E-state index contributed by atoms with van der Waals surface area (Å²) in [4.78, 5) is 4.94. The third-order valence-electron chi connectivity index (χ3n) is 5.81. The molecule has 11 heteroatoms. The summed E-state index contributed by atoms with van der Waals surface area (Å²) in [6.07, 6.45) is -4.61. The molecule has 4 rings (SSSR count). The van der Waals surface area contributed by atoms with E-state index < -0.39 is 29.0 Å². The molecule has 0 saturated carbocycles.